The van der Waals surface area contributed by atoms with Crippen LogP contribution >= 0.6 is 22.9 Å². The van der Waals surface area contributed by atoms with E-state index in [1.54, 1.807) is 30.3 Å². The molecule has 4 rings (SSSR count). The summed E-state index contributed by atoms with van der Waals surface area (Å²) in [7, 11) is -4.13. The largest absolute Gasteiger partial charge is 0.871 e. The first-order valence-electron chi connectivity index (χ1n) is 14.0. The van der Waals surface area contributed by atoms with Crippen LogP contribution in [0.1, 0.15) is 51.1 Å². The van der Waals surface area contributed by atoms with Crippen LogP contribution in [0.5, 0.6) is 0 Å². The molecule has 1 N–H and O–H groups in total. The van der Waals surface area contributed by atoms with Crippen molar-refractivity contribution in [2.45, 2.75) is 47.1 Å². The third kappa shape index (κ3) is 7.46. The molecule has 230 valence electrons. The van der Waals surface area contributed by atoms with Crippen molar-refractivity contribution in [2.75, 3.05) is 30.3 Å². The topological polar surface area (TPSA) is 128 Å². The molecule has 0 spiro atoms. The number of carbonyl (C=O) groups is 2. The van der Waals surface area contributed by atoms with Crippen LogP contribution in [0.3, 0.4) is 0 Å². The van der Waals surface area contributed by atoms with Gasteiger partial charge in [0.1, 0.15) is 11.3 Å². The van der Waals surface area contributed by atoms with Gasteiger partial charge in [-0.15, -0.1) is 0 Å². The Bertz CT molecular complexity index is 1710. The number of anilines is 1. The maximum absolute atomic E-state index is 13.2. The first kappa shape index (κ1) is 32.7. The number of nitrogens with zero attached hydrogens (tertiary/aromatic N) is 2. The fraction of sp³-hybridized carbons (Fsp3) is 0.387. The van der Waals surface area contributed by atoms with E-state index in [1.165, 1.54) is 17.4 Å². The second-order valence-electron chi connectivity index (χ2n) is 10.9. The fourth-order valence-corrected chi connectivity index (χ4v) is 6.55. The number of likely N-dealkylation sites (N-methyl/N-ethyl adjacent to an activating group) is 1. The van der Waals surface area contributed by atoms with Crippen LogP contribution in [0.4, 0.5) is 5.69 Å². The summed E-state index contributed by atoms with van der Waals surface area (Å²) < 4.78 is 39.7. The van der Waals surface area contributed by atoms with Crippen molar-refractivity contribution in [1.82, 2.24) is 0 Å². The lowest BCUT2D eigenvalue weighted by atomic mass is 9.83. The smallest absolute Gasteiger partial charge is 0.311 e. The van der Waals surface area contributed by atoms with Gasteiger partial charge in [0, 0.05) is 47.0 Å². The van der Waals surface area contributed by atoms with Crippen molar-refractivity contribution in [2.24, 2.45) is 5.41 Å². The summed E-state index contributed by atoms with van der Waals surface area (Å²) in [4.78, 5) is 27.5. The Hall–Kier alpha value is -3.25. The number of hydrogen-bond donors (Lipinski definition) is 1. The Balaban J connectivity index is 1.53. The fourth-order valence-electron chi connectivity index (χ4n) is 4.65. The van der Waals surface area contributed by atoms with E-state index in [4.69, 9.17) is 20.9 Å². The molecule has 0 bridgehead atoms. The molecule has 1 aliphatic rings. The number of carbonyl (C=O) groups excluding carboxylic acids is 2. The number of esters is 1. The molecule has 0 amide bonds. The molecule has 0 unspecified atom stereocenters. The minimum absolute atomic E-state index is 0.0484. The van der Waals surface area contributed by atoms with Crippen molar-refractivity contribution >= 4 is 72.4 Å². The van der Waals surface area contributed by atoms with Crippen molar-refractivity contribution in [3.63, 3.8) is 0 Å². The third-order valence-corrected chi connectivity index (χ3v) is 9.76. The summed E-state index contributed by atoms with van der Waals surface area (Å²) >= 11 is 7.49. The number of rotatable bonds is 13. The highest BCUT2D eigenvalue weighted by atomic mass is 35.5. The molecule has 12 heteroatoms. The highest BCUT2D eigenvalue weighted by Crippen LogP contribution is 2.37. The van der Waals surface area contributed by atoms with Gasteiger partial charge < -0.3 is 14.7 Å². The molecule has 3 aromatic rings. The number of aromatic nitrogens is 1. The molecular formula is C31H35ClN2O7S2. The lowest BCUT2D eigenvalue weighted by Crippen LogP contribution is -2.37. The van der Waals surface area contributed by atoms with Crippen molar-refractivity contribution < 1.29 is 37.0 Å². The molecule has 1 heterocycles. The Morgan fingerprint density at radius 1 is 1.19 bits per heavy atom. The molecule has 2 aromatic carbocycles. The van der Waals surface area contributed by atoms with Crippen LogP contribution in [0, 0.1) is 5.41 Å². The highest BCUT2D eigenvalue weighted by molar-refractivity contribution is 7.85. The van der Waals surface area contributed by atoms with E-state index < -0.39 is 21.3 Å². The van der Waals surface area contributed by atoms with E-state index in [2.05, 4.69) is 0 Å². The van der Waals surface area contributed by atoms with E-state index in [0.29, 0.717) is 35.1 Å². The number of ketones is 1. The number of hydrogen-bond acceptors (Lipinski definition) is 8. The first-order valence-corrected chi connectivity index (χ1v) is 16.8. The van der Waals surface area contributed by atoms with E-state index >= 15 is 0 Å². The molecule has 0 radical (unpaired) electrons. The standard InChI is InChI=1S/C31H35ClN2O7S2/c1-5-31(3,4)30(37)41-16-15-33(6-2)22-11-8-20(9-12-22)27-28(35)23(29(27)36)19-26-34(14-7-17-43(38,39)40)24-13-10-21(32)18-25(24)42-26/h8-13,18-19H,5-7,14-17H2,1-4H3,(H-,35,36,38,39,40). The Labute approximate surface area is 260 Å². The van der Waals surface area contributed by atoms with E-state index in [0.717, 1.165) is 15.9 Å². The minimum Gasteiger partial charge on any atom is -0.871 e. The maximum Gasteiger partial charge on any atom is 0.311 e. The zero-order valence-corrected chi connectivity index (χ0v) is 26.9. The van der Waals surface area contributed by atoms with Gasteiger partial charge in [-0.2, -0.15) is 13.0 Å². The van der Waals surface area contributed by atoms with Gasteiger partial charge in [0.15, 0.2) is 12.3 Å². The Kier molecular flexibility index (Phi) is 10.0. The van der Waals surface area contributed by atoms with Gasteiger partial charge in [-0.1, -0.05) is 47.8 Å². The van der Waals surface area contributed by atoms with Crippen LogP contribution in [-0.2, 0) is 31.0 Å². The molecule has 0 fully saturated rings. The molecule has 43 heavy (non-hydrogen) atoms. The predicted octanol–water partition coefficient (Wildman–Crippen LogP) is 4.66. The maximum atomic E-state index is 13.2. The van der Waals surface area contributed by atoms with E-state index in [-0.39, 0.29) is 48.2 Å². The summed E-state index contributed by atoms with van der Waals surface area (Å²) in [5.74, 6) is -1.37. The molecular weight excluding hydrogens is 612 g/mol. The third-order valence-electron chi connectivity index (χ3n) is 7.62. The van der Waals surface area contributed by atoms with Gasteiger partial charge >= 0.3 is 5.97 Å². The molecule has 0 aliphatic heterocycles. The van der Waals surface area contributed by atoms with Gasteiger partial charge in [-0.25, -0.2) is 0 Å². The number of fused-ring (bicyclic) bond motifs is 1. The van der Waals surface area contributed by atoms with E-state index in [1.807, 2.05) is 49.3 Å². The zero-order chi connectivity index (χ0) is 31.5. The summed E-state index contributed by atoms with van der Waals surface area (Å²) in [5.41, 5.74) is 1.81. The van der Waals surface area contributed by atoms with Gasteiger partial charge in [-0.3, -0.25) is 14.1 Å². The Morgan fingerprint density at radius 3 is 2.49 bits per heavy atom. The first-order chi connectivity index (χ1) is 20.3. The number of halogens is 1. The molecule has 0 saturated heterocycles. The minimum atomic E-state index is -4.13. The second kappa shape index (κ2) is 13.2. The lowest BCUT2D eigenvalue weighted by molar-refractivity contribution is -0.668. The van der Waals surface area contributed by atoms with Gasteiger partial charge in [0.05, 0.1) is 17.7 Å². The van der Waals surface area contributed by atoms with Crippen LogP contribution < -0.4 is 14.6 Å². The van der Waals surface area contributed by atoms with Crippen LogP contribution in [-0.4, -0.2) is 50.2 Å². The summed E-state index contributed by atoms with van der Waals surface area (Å²) in [6, 6.07) is 12.4. The monoisotopic (exact) mass is 646 g/mol. The molecule has 9 nitrogen and oxygen atoms in total. The highest BCUT2D eigenvalue weighted by Gasteiger charge is 2.31. The molecule has 0 saturated carbocycles. The summed E-state index contributed by atoms with van der Waals surface area (Å²) in [6.45, 7) is 9.35. The number of Topliss-reactive ketones (excluding diaryl/α,β-unsaturated/α-hetero) is 1. The van der Waals surface area contributed by atoms with E-state index in [9.17, 15) is 23.1 Å². The van der Waals surface area contributed by atoms with Crippen molar-refractivity contribution in [3.05, 3.63) is 69.4 Å². The van der Waals surface area contributed by atoms with Gasteiger partial charge in [0.25, 0.3) is 15.1 Å². The normalized spacial score (nSPS) is 14.8. The lowest BCUT2D eigenvalue weighted by Gasteiger charge is -2.30. The quantitative estimate of drug-likeness (QED) is 0.123. The van der Waals surface area contributed by atoms with Crippen molar-refractivity contribution in [1.29, 1.82) is 0 Å². The van der Waals surface area contributed by atoms with Gasteiger partial charge in [-0.05, 0) is 57.0 Å². The van der Waals surface area contributed by atoms with Crippen LogP contribution in [0.2, 0.25) is 5.02 Å². The van der Waals surface area contributed by atoms with Crippen molar-refractivity contribution in [3.8, 4) is 0 Å². The van der Waals surface area contributed by atoms with Gasteiger partial charge in [0.2, 0.25) is 5.52 Å². The second-order valence-corrected chi connectivity index (χ2v) is 14.0. The average molecular weight is 647 g/mol. The molecule has 1 aromatic heterocycles. The molecule has 0 atom stereocenters. The number of allylic oxidation sites excluding steroid dienone is 2. The average Bonchev–Trinajstić information content (AvgIpc) is 3.29. The zero-order valence-electron chi connectivity index (χ0n) is 24.6. The SMILES string of the molecule is CCN(CCOC(=O)C(C)(C)CC)c1ccc(C2=C([O-])/C(=C\c3sc4cc(Cl)ccc4[n+]3CCCS(=O)(=O)O)C2=O)cc1. The van der Waals surface area contributed by atoms with Crippen LogP contribution in [0.15, 0.2) is 53.8 Å². The summed E-state index contributed by atoms with van der Waals surface area (Å²) in [5, 5.41) is 14.3. The number of aryl methyl sites for hydroxylation is 1. The molecule has 1 aliphatic carbocycles. The number of thiazole rings is 1. The Morgan fingerprint density at radius 2 is 1.88 bits per heavy atom. The number of ether oxygens (including phenoxy) is 1. The van der Waals surface area contributed by atoms with Crippen LogP contribution in [0.25, 0.3) is 21.9 Å². The number of benzene rings is 2. The predicted molar refractivity (Wildman–Crippen MR) is 167 cm³/mol. The summed E-state index contributed by atoms with van der Waals surface area (Å²) in [6.07, 6.45) is 2.37.